The normalized spacial score (nSPS) is 15.3. The van der Waals surface area contributed by atoms with E-state index in [0.29, 0.717) is 18.0 Å². The van der Waals surface area contributed by atoms with Crippen LogP contribution in [0.15, 0.2) is 17.1 Å². The average molecular weight is 314 g/mol. The fraction of sp³-hybridized carbons (Fsp3) is 0.600. The highest BCUT2D eigenvalue weighted by molar-refractivity contribution is 5.90. The zero-order valence-electron chi connectivity index (χ0n) is 12.6. The van der Waals surface area contributed by atoms with Gasteiger partial charge in [0.1, 0.15) is 5.69 Å². The number of aromatic nitrogens is 1. The minimum absolute atomic E-state index is 0. The Labute approximate surface area is 131 Å². The Bertz CT molecular complexity index is 536. The molecule has 2 heterocycles. The van der Waals surface area contributed by atoms with Gasteiger partial charge >= 0.3 is 0 Å². The van der Waals surface area contributed by atoms with E-state index in [1.54, 1.807) is 19.3 Å². The number of pyridine rings is 1. The second-order valence-electron chi connectivity index (χ2n) is 5.63. The Morgan fingerprint density at radius 1 is 1.43 bits per heavy atom. The number of piperidine rings is 1. The maximum Gasteiger partial charge on any atom is 0.274 e. The first kappa shape index (κ1) is 17.7. The Morgan fingerprint density at radius 3 is 2.76 bits per heavy atom. The third-order valence-corrected chi connectivity index (χ3v) is 3.83. The van der Waals surface area contributed by atoms with Crippen LogP contribution >= 0.6 is 12.4 Å². The molecule has 5 nitrogen and oxygen atoms in total. The molecule has 1 fully saturated rings. The summed E-state index contributed by atoms with van der Waals surface area (Å²) in [6, 6.07) is 1.73. The van der Waals surface area contributed by atoms with Gasteiger partial charge in [-0.2, -0.15) is 0 Å². The van der Waals surface area contributed by atoms with Gasteiger partial charge in [0.2, 0.25) is 5.91 Å². The van der Waals surface area contributed by atoms with Gasteiger partial charge in [-0.1, -0.05) is 0 Å². The zero-order valence-corrected chi connectivity index (χ0v) is 13.5. The summed E-state index contributed by atoms with van der Waals surface area (Å²) in [5.41, 5.74) is 1.18. The first-order valence-electron chi connectivity index (χ1n) is 7.24. The van der Waals surface area contributed by atoms with E-state index in [1.807, 2.05) is 6.92 Å². The molecule has 0 unspecified atom stereocenters. The van der Waals surface area contributed by atoms with Crippen molar-refractivity contribution in [2.45, 2.75) is 32.6 Å². The first-order valence-corrected chi connectivity index (χ1v) is 7.24. The number of carbonyl (C=O) groups is 1. The van der Waals surface area contributed by atoms with E-state index in [1.165, 1.54) is 4.57 Å². The minimum Gasteiger partial charge on any atom is -0.321 e. The van der Waals surface area contributed by atoms with Gasteiger partial charge in [0.25, 0.3) is 5.56 Å². The number of carbonyl (C=O) groups excluding carboxylic acids is 1. The van der Waals surface area contributed by atoms with Crippen molar-refractivity contribution in [2.24, 2.45) is 13.0 Å². The van der Waals surface area contributed by atoms with E-state index in [4.69, 9.17) is 0 Å². The first-order chi connectivity index (χ1) is 9.56. The highest BCUT2D eigenvalue weighted by atomic mass is 35.5. The van der Waals surface area contributed by atoms with Crippen LogP contribution in [0.3, 0.4) is 0 Å². The van der Waals surface area contributed by atoms with Gasteiger partial charge in [0.05, 0.1) is 0 Å². The summed E-state index contributed by atoms with van der Waals surface area (Å²) in [7, 11) is 1.69. The molecule has 1 aromatic rings. The van der Waals surface area contributed by atoms with Crippen molar-refractivity contribution in [3.8, 4) is 0 Å². The highest BCUT2D eigenvalue weighted by Gasteiger charge is 2.15. The van der Waals surface area contributed by atoms with Crippen LogP contribution in [0, 0.1) is 12.8 Å². The van der Waals surface area contributed by atoms with E-state index in [2.05, 4.69) is 10.6 Å². The molecule has 6 heteroatoms. The van der Waals surface area contributed by atoms with Crippen molar-refractivity contribution in [3.63, 3.8) is 0 Å². The number of anilines is 1. The van der Waals surface area contributed by atoms with Crippen molar-refractivity contribution in [3.05, 3.63) is 28.2 Å². The van der Waals surface area contributed by atoms with Crippen molar-refractivity contribution in [1.29, 1.82) is 0 Å². The molecular formula is C15H24ClN3O2. The lowest BCUT2D eigenvalue weighted by Crippen LogP contribution is -2.29. The SMILES string of the molecule is Cc1cc(NC(=O)CCC2CCNCC2)c(=O)n(C)c1.Cl. The second kappa shape index (κ2) is 8.20. The van der Waals surface area contributed by atoms with Crippen molar-refractivity contribution >= 4 is 24.0 Å². The predicted octanol–water partition coefficient (Wildman–Crippen LogP) is 1.83. The second-order valence-corrected chi connectivity index (χ2v) is 5.63. The topological polar surface area (TPSA) is 63.1 Å². The maximum absolute atomic E-state index is 12.0. The van der Waals surface area contributed by atoms with Crippen LogP contribution in [0.4, 0.5) is 5.69 Å². The van der Waals surface area contributed by atoms with Crippen LogP contribution in [0.25, 0.3) is 0 Å². The molecule has 0 atom stereocenters. The number of aryl methyl sites for hydroxylation is 2. The summed E-state index contributed by atoms with van der Waals surface area (Å²) in [6.07, 6.45) is 5.42. The monoisotopic (exact) mass is 313 g/mol. The van der Waals surface area contributed by atoms with Crippen LogP contribution in [0.5, 0.6) is 0 Å². The Balaban J connectivity index is 0.00000220. The molecule has 2 rings (SSSR count). The Hall–Kier alpha value is -1.33. The molecule has 0 aromatic carbocycles. The number of hydrogen-bond acceptors (Lipinski definition) is 3. The fourth-order valence-corrected chi connectivity index (χ4v) is 2.69. The molecule has 1 aliphatic rings. The Kier molecular flexibility index (Phi) is 6.92. The Morgan fingerprint density at radius 2 is 2.10 bits per heavy atom. The maximum atomic E-state index is 12.0. The number of nitrogens with zero attached hydrogens (tertiary/aromatic N) is 1. The van der Waals surface area contributed by atoms with Gasteiger partial charge in [-0.25, -0.2) is 0 Å². The fourth-order valence-electron chi connectivity index (χ4n) is 2.69. The van der Waals surface area contributed by atoms with Crippen molar-refractivity contribution in [2.75, 3.05) is 18.4 Å². The third-order valence-electron chi connectivity index (χ3n) is 3.83. The van der Waals surface area contributed by atoms with Gasteiger partial charge in [-0.3, -0.25) is 9.59 Å². The molecule has 0 aliphatic carbocycles. The summed E-state index contributed by atoms with van der Waals surface area (Å²) in [4.78, 5) is 23.9. The molecular weight excluding hydrogens is 290 g/mol. The molecule has 0 spiro atoms. The smallest absolute Gasteiger partial charge is 0.274 e. The van der Waals surface area contributed by atoms with Crippen LogP contribution in [-0.2, 0) is 11.8 Å². The molecule has 118 valence electrons. The van der Waals surface area contributed by atoms with Crippen LogP contribution in [-0.4, -0.2) is 23.6 Å². The lowest BCUT2D eigenvalue weighted by Gasteiger charge is -2.22. The molecule has 1 amide bonds. The largest absolute Gasteiger partial charge is 0.321 e. The summed E-state index contributed by atoms with van der Waals surface area (Å²) < 4.78 is 1.50. The predicted molar refractivity (Wildman–Crippen MR) is 87.1 cm³/mol. The number of rotatable bonds is 4. The highest BCUT2D eigenvalue weighted by Crippen LogP contribution is 2.18. The number of hydrogen-bond donors (Lipinski definition) is 2. The van der Waals surface area contributed by atoms with Crippen LogP contribution in [0.2, 0.25) is 0 Å². The van der Waals surface area contributed by atoms with Crippen molar-refractivity contribution < 1.29 is 4.79 Å². The molecule has 0 bridgehead atoms. The lowest BCUT2D eigenvalue weighted by molar-refractivity contribution is -0.116. The van der Waals surface area contributed by atoms with Gasteiger partial charge in [-0.15, -0.1) is 12.4 Å². The van der Waals surface area contributed by atoms with E-state index in [-0.39, 0.29) is 23.9 Å². The van der Waals surface area contributed by atoms with Gasteiger partial charge in [-0.05, 0) is 56.8 Å². The van der Waals surface area contributed by atoms with Gasteiger partial charge < -0.3 is 15.2 Å². The molecule has 1 saturated heterocycles. The van der Waals surface area contributed by atoms with E-state index in [0.717, 1.165) is 37.9 Å². The third kappa shape index (κ3) is 5.17. The van der Waals surface area contributed by atoms with Crippen LogP contribution < -0.4 is 16.2 Å². The summed E-state index contributed by atoms with van der Waals surface area (Å²) in [6.45, 7) is 4.00. The van der Waals surface area contributed by atoms with E-state index < -0.39 is 0 Å². The quantitative estimate of drug-likeness (QED) is 0.891. The number of nitrogens with one attached hydrogen (secondary N) is 2. The molecule has 2 N–H and O–H groups in total. The standard InChI is InChI=1S/C15H23N3O2.ClH/c1-11-9-13(15(20)18(2)10-11)17-14(19)4-3-12-5-7-16-8-6-12;/h9-10,12,16H,3-8H2,1-2H3,(H,17,19);1H. The summed E-state index contributed by atoms with van der Waals surface area (Å²) >= 11 is 0. The number of amides is 1. The molecule has 0 saturated carbocycles. The minimum atomic E-state index is -0.161. The van der Waals surface area contributed by atoms with Gasteiger partial charge in [0, 0.05) is 19.7 Å². The lowest BCUT2D eigenvalue weighted by atomic mass is 9.93. The number of halogens is 1. The summed E-state index contributed by atoms with van der Waals surface area (Å²) in [5.74, 6) is 0.563. The van der Waals surface area contributed by atoms with E-state index in [9.17, 15) is 9.59 Å². The molecule has 1 aromatic heterocycles. The van der Waals surface area contributed by atoms with Gasteiger partial charge in [0.15, 0.2) is 0 Å². The zero-order chi connectivity index (χ0) is 14.5. The molecule has 21 heavy (non-hydrogen) atoms. The van der Waals surface area contributed by atoms with E-state index >= 15 is 0 Å². The molecule has 1 aliphatic heterocycles. The van der Waals surface area contributed by atoms with Crippen LogP contribution in [0.1, 0.15) is 31.2 Å². The van der Waals surface area contributed by atoms with Crippen molar-refractivity contribution in [1.82, 2.24) is 9.88 Å². The summed E-state index contributed by atoms with van der Waals surface area (Å²) in [5, 5.41) is 6.06. The average Bonchev–Trinajstić information content (AvgIpc) is 2.43. The molecule has 0 radical (unpaired) electrons.